The SMILES string of the molecule is OC(c1cc(-c2ncnc3cc(N4CCOCC4)ccc23)c(F)cc1C1CCCC1)c1nccn2ccnc12. The Kier molecular flexibility index (Phi) is 6.17. The molecular weight excluding hydrogens is 495 g/mol. The van der Waals surface area contributed by atoms with Crippen LogP contribution in [0, 0.1) is 5.82 Å². The van der Waals surface area contributed by atoms with E-state index in [9.17, 15) is 5.11 Å². The highest BCUT2D eigenvalue weighted by atomic mass is 19.1. The second kappa shape index (κ2) is 9.98. The smallest absolute Gasteiger partial charge is 0.161 e. The molecule has 2 aromatic carbocycles. The molecule has 39 heavy (non-hydrogen) atoms. The first kappa shape index (κ1) is 24.1. The molecule has 7 rings (SSSR count). The Balaban J connectivity index is 1.36. The number of nitrogens with zero attached hydrogens (tertiary/aromatic N) is 6. The molecule has 8 nitrogen and oxygen atoms in total. The van der Waals surface area contributed by atoms with E-state index in [1.807, 2.05) is 28.8 Å². The van der Waals surface area contributed by atoms with E-state index in [4.69, 9.17) is 4.74 Å². The number of fused-ring (bicyclic) bond motifs is 2. The van der Waals surface area contributed by atoms with Gasteiger partial charge in [0.25, 0.3) is 0 Å². The molecule has 1 saturated heterocycles. The van der Waals surface area contributed by atoms with Crippen LogP contribution in [0.3, 0.4) is 0 Å². The number of aliphatic hydroxyl groups is 1. The zero-order valence-corrected chi connectivity index (χ0v) is 21.5. The monoisotopic (exact) mass is 524 g/mol. The lowest BCUT2D eigenvalue weighted by molar-refractivity contribution is 0.122. The van der Waals surface area contributed by atoms with E-state index in [0.717, 1.165) is 60.9 Å². The van der Waals surface area contributed by atoms with Gasteiger partial charge in [0.1, 0.15) is 23.9 Å². The maximum absolute atomic E-state index is 15.9. The van der Waals surface area contributed by atoms with Crippen molar-refractivity contribution in [3.05, 3.63) is 84.1 Å². The number of anilines is 1. The van der Waals surface area contributed by atoms with Gasteiger partial charge < -0.3 is 19.1 Å². The number of rotatable bonds is 5. The summed E-state index contributed by atoms with van der Waals surface area (Å²) >= 11 is 0. The Morgan fingerprint density at radius 3 is 2.56 bits per heavy atom. The van der Waals surface area contributed by atoms with E-state index in [0.29, 0.717) is 41.4 Å². The Hall–Kier alpha value is -3.95. The van der Waals surface area contributed by atoms with Crippen molar-refractivity contribution in [2.45, 2.75) is 37.7 Å². The van der Waals surface area contributed by atoms with Crippen molar-refractivity contribution in [2.24, 2.45) is 0 Å². The van der Waals surface area contributed by atoms with Crippen molar-refractivity contribution < 1.29 is 14.2 Å². The average Bonchev–Trinajstić information content (AvgIpc) is 3.69. The topological polar surface area (TPSA) is 88.7 Å². The second-order valence-corrected chi connectivity index (χ2v) is 10.3. The van der Waals surface area contributed by atoms with Crippen molar-refractivity contribution in [3.8, 4) is 11.3 Å². The zero-order chi connectivity index (χ0) is 26.3. The first-order valence-electron chi connectivity index (χ1n) is 13.5. The number of morpholine rings is 1. The highest BCUT2D eigenvalue weighted by molar-refractivity contribution is 5.94. The highest BCUT2D eigenvalue weighted by Gasteiger charge is 2.28. The van der Waals surface area contributed by atoms with Gasteiger partial charge in [-0.15, -0.1) is 0 Å². The Morgan fingerprint density at radius 2 is 1.74 bits per heavy atom. The molecule has 198 valence electrons. The van der Waals surface area contributed by atoms with Gasteiger partial charge in [-0.25, -0.2) is 19.3 Å². The molecule has 1 saturated carbocycles. The fourth-order valence-electron chi connectivity index (χ4n) is 6.11. The van der Waals surface area contributed by atoms with Gasteiger partial charge >= 0.3 is 0 Å². The summed E-state index contributed by atoms with van der Waals surface area (Å²) in [6.07, 6.45) is 11.5. The summed E-state index contributed by atoms with van der Waals surface area (Å²) in [6.45, 7) is 3.02. The van der Waals surface area contributed by atoms with Crippen LogP contribution in [-0.2, 0) is 4.74 Å². The molecule has 1 aliphatic carbocycles. The van der Waals surface area contributed by atoms with Crippen molar-refractivity contribution in [1.82, 2.24) is 24.3 Å². The van der Waals surface area contributed by atoms with Crippen LogP contribution in [0.2, 0.25) is 0 Å². The summed E-state index contributed by atoms with van der Waals surface area (Å²) in [5.41, 5.74) is 5.16. The summed E-state index contributed by atoms with van der Waals surface area (Å²) in [5, 5.41) is 12.5. The number of hydrogen-bond acceptors (Lipinski definition) is 7. The molecule has 0 spiro atoms. The molecule has 1 N–H and O–H groups in total. The molecular formula is C30H29FN6O2. The van der Waals surface area contributed by atoms with E-state index in [-0.39, 0.29) is 11.7 Å². The summed E-state index contributed by atoms with van der Waals surface area (Å²) < 4.78 is 23.3. The molecule has 2 aliphatic rings. The van der Waals surface area contributed by atoms with E-state index in [1.165, 1.54) is 6.33 Å². The van der Waals surface area contributed by atoms with Crippen LogP contribution in [0.5, 0.6) is 0 Å². The number of ether oxygens (including phenoxy) is 1. The molecule has 0 amide bonds. The van der Waals surface area contributed by atoms with Crippen molar-refractivity contribution in [2.75, 3.05) is 31.2 Å². The van der Waals surface area contributed by atoms with E-state index >= 15 is 4.39 Å². The Morgan fingerprint density at radius 1 is 0.949 bits per heavy atom. The molecule has 1 unspecified atom stereocenters. The lowest BCUT2D eigenvalue weighted by Gasteiger charge is -2.29. The molecule has 1 atom stereocenters. The quantitative estimate of drug-likeness (QED) is 0.344. The molecule has 9 heteroatoms. The largest absolute Gasteiger partial charge is 0.382 e. The molecule has 0 radical (unpaired) electrons. The predicted octanol–water partition coefficient (Wildman–Crippen LogP) is 5.05. The molecule has 0 bridgehead atoms. The first-order valence-corrected chi connectivity index (χ1v) is 13.5. The van der Waals surface area contributed by atoms with Crippen molar-refractivity contribution in [3.63, 3.8) is 0 Å². The van der Waals surface area contributed by atoms with Crippen LogP contribution in [0.4, 0.5) is 10.1 Å². The highest BCUT2D eigenvalue weighted by Crippen LogP contribution is 2.42. The third-order valence-corrected chi connectivity index (χ3v) is 8.11. The minimum atomic E-state index is -1.06. The number of aliphatic hydroxyl groups excluding tert-OH is 1. The lowest BCUT2D eigenvalue weighted by atomic mass is 9.87. The van der Waals surface area contributed by atoms with Crippen molar-refractivity contribution >= 4 is 22.2 Å². The number of benzene rings is 2. The van der Waals surface area contributed by atoms with Crippen LogP contribution < -0.4 is 4.90 Å². The van der Waals surface area contributed by atoms with Crippen LogP contribution in [0.15, 0.2) is 61.4 Å². The zero-order valence-electron chi connectivity index (χ0n) is 21.5. The number of hydrogen-bond donors (Lipinski definition) is 1. The third-order valence-electron chi connectivity index (χ3n) is 8.11. The van der Waals surface area contributed by atoms with Gasteiger partial charge in [0.2, 0.25) is 0 Å². The van der Waals surface area contributed by atoms with Gasteiger partial charge in [-0.05, 0) is 60.2 Å². The summed E-state index contributed by atoms with van der Waals surface area (Å²) in [4.78, 5) is 20.2. The summed E-state index contributed by atoms with van der Waals surface area (Å²) in [6, 6.07) is 9.38. The number of halogens is 1. The minimum absolute atomic E-state index is 0.191. The number of aromatic nitrogens is 5. The van der Waals surface area contributed by atoms with Crippen LogP contribution in [-0.4, -0.2) is 55.7 Å². The third kappa shape index (κ3) is 4.31. The summed E-state index contributed by atoms with van der Waals surface area (Å²) in [5.74, 6) is -0.159. The first-order chi connectivity index (χ1) is 19.2. The predicted molar refractivity (Wildman–Crippen MR) is 146 cm³/mol. The van der Waals surface area contributed by atoms with Gasteiger partial charge in [-0.2, -0.15) is 0 Å². The van der Waals surface area contributed by atoms with Crippen LogP contribution in [0.25, 0.3) is 27.8 Å². The molecule has 3 aromatic heterocycles. The van der Waals surface area contributed by atoms with Crippen LogP contribution >= 0.6 is 0 Å². The maximum atomic E-state index is 15.9. The molecule has 1 aliphatic heterocycles. The summed E-state index contributed by atoms with van der Waals surface area (Å²) in [7, 11) is 0. The average molecular weight is 525 g/mol. The van der Waals surface area contributed by atoms with E-state index < -0.39 is 6.10 Å². The standard InChI is InChI=1S/C30H29FN6O2/c31-25-17-22(19-3-1-2-4-19)23(29(38)28-30-33-8-10-37(30)9-7-32-28)16-24(25)27-21-6-5-20(15-26(21)34-18-35-27)36-11-13-39-14-12-36/h5-10,15-19,29,38H,1-4,11-14H2. The van der Waals surface area contributed by atoms with Crippen molar-refractivity contribution in [1.29, 1.82) is 0 Å². The van der Waals surface area contributed by atoms with Crippen LogP contribution in [0.1, 0.15) is 54.5 Å². The molecule has 4 heterocycles. The lowest BCUT2D eigenvalue weighted by Crippen LogP contribution is -2.36. The van der Waals surface area contributed by atoms with Gasteiger partial charge in [0, 0.05) is 54.5 Å². The fourth-order valence-corrected chi connectivity index (χ4v) is 6.11. The normalized spacial score (nSPS) is 17.3. The maximum Gasteiger partial charge on any atom is 0.161 e. The van der Waals surface area contributed by atoms with Gasteiger partial charge in [-0.1, -0.05) is 12.8 Å². The van der Waals surface area contributed by atoms with E-state index in [2.05, 4.69) is 24.8 Å². The second-order valence-electron chi connectivity index (χ2n) is 10.3. The number of imidazole rings is 1. The van der Waals surface area contributed by atoms with Gasteiger partial charge in [0.05, 0.1) is 24.4 Å². The fraction of sp³-hybridized carbons (Fsp3) is 0.333. The Bertz CT molecular complexity index is 1660. The minimum Gasteiger partial charge on any atom is -0.382 e. The molecule has 2 fully saturated rings. The Labute approximate surface area is 225 Å². The molecule has 5 aromatic rings. The van der Waals surface area contributed by atoms with Gasteiger partial charge in [-0.3, -0.25) is 4.98 Å². The van der Waals surface area contributed by atoms with Gasteiger partial charge in [0.15, 0.2) is 5.65 Å². The van der Waals surface area contributed by atoms with E-state index in [1.54, 1.807) is 30.7 Å².